The molecule has 0 aromatic carbocycles. The predicted octanol–water partition coefficient (Wildman–Crippen LogP) is 4.10. The topological polar surface area (TPSA) is 9.23 Å². The highest BCUT2D eigenvalue weighted by molar-refractivity contribution is 5.36. The summed E-state index contributed by atoms with van der Waals surface area (Å²) in [5, 5.41) is 0. The minimum Gasteiger partial charge on any atom is -0.381 e. The van der Waals surface area contributed by atoms with Gasteiger partial charge in [-0.3, -0.25) is 0 Å². The van der Waals surface area contributed by atoms with Crippen molar-refractivity contribution in [3.63, 3.8) is 0 Å². The van der Waals surface area contributed by atoms with Gasteiger partial charge in [-0.05, 0) is 44.1 Å². The third-order valence-electron chi connectivity index (χ3n) is 3.43. The zero-order valence-electron chi connectivity index (χ0n) is 10.8. The molecule has 0 saturated heterocycles. The molecule has 0 heterocycles. The molecule has 0 radical (unpaired) electrons. The average Bonchev–Trinajstić information content (AvgIpc) is 2.15. The minimum atomic E-state index is 0.322. The summed E-state index contributed by atoms with van der Waals surface area (Å²) in [5.41, 5.74) is 3.30. The van der Waals surface area contributed by atoms with Crippen LogP contribution in [0, 0.1) is 5.41 Å². The second-order valence-corrected chi connectivity index (χ2v) is 5.21. The van der Waals surface area contributed by atoms with E-state index in [0.29, 0.717) is 11.5 Å². The maximum absolute atomic E-state index is 5.28. The first-order valence-electron chi connectivity index (χ1n) is 5.88. The maximum atomic E-state index is 5.28. The number of allylic oxidation sites excluding steroid dienone is 3. The lowest BCUT2D eigenvalue weighted by Crippen LogP contribution is -2.19. The van der Waals surface area contributed by atoms with Gasteiger partial charge in [-0.15, -0.1) is 0 Å². The van der Waals surface area contributed by atoms with Gasteiger partial charge in [-0.2, -0.15) is 0 Å². The van der Waals surface area contributed by atoms with E-state index in [1.807, 2.05) is 0 Å². The number of rotatable bonds is 3. The SMILES string of the molecule is CO[C@H](C)C/C=C1\C(C)=CCCC1(C)C. The van der Waals surface area contributed by atoms with Gasteiger partial charge in [0, 0.05) is 7.11 Å². The van der Waals surface area contributed by atoms with Crippen LogP contribution >= 0.6 is 0 Å². The van der Waals surface area contributed by atoms with Crippen molar-refractivity contribution in [2.24, 2.45) is 5.41 Å². The molecule has 1 aliphatic rings. The Balaban J connectivity index is 2.79. The molecule has 1 nitrogen and oxygen atoms in total. The lowest BCUT2D eigenvalue weighted by Gasteiger charge is -2.32. The van der Waals surface area contributed by atoms with Crippen molar-refractivity contribution in [1.82, 2.24) is 0 Å². The van der Waals surface area contributed by atoms with Crippen molar-refractivity contribution in [1.29, 1.82) is 0 Å². The molecule has 1 aliphatic carbocycles. The first-order valence-corrected chi connectivity index (χ1v) is 5.88. The van der Waals surface area contributed by atoms with E-state index < -0.39 is 0 Å². The summed E-state index contributed by atoms with van der Waals surface area (Å²) in [5.74, 6) is 0. The van der Waals surface area contributed by atoms with Crippen molar-refractivity contribution < 1.29 is 4.74 Å². The quantitative estimate of drug-likeness (QED) is 0.678. The van der Waals surface area contributed by atoms with E-state index in [2.05, 4.69) is 39.8 Å². The molecule has 0 saturated carbocycles. The lowest BCUT2D eigenvalue weighted by molar-refractivity contribution is 0.120. The number of methoxy groups -OCH3 is 1. The number of ether oxygens (including phenoxy) is 1. The van der Waals surface area contributed by atoms with Crippen LogP contribution in [0.2, 0.25) is 0 Å². The lowest BCUT2D eigenvalue weighted by atomic mass is 9.73. The van der Waals surface area contributed by atoms with Gasteiger partial charge in [0.25, 0.3) is 0 Å². The molecule has 0 N–H and O–H groups in total. The van der Waals surface area contributed by atoms with Gasteiger partial charge in [0.05, 0.1) is 6.10 Å². The van der Waals surface area contributed by atoms with Crippen LogP contribution in [0.1, 0.15) is 47.0 Å². The molecule has 0 spiro atoms. The van der Waals surface area contributed by atoms with Crippen molar-refractivity contribution in [2.45, 2.75) is 53.1 Å². The Bertz CT molecular complexity index is 271. The molecule has 0 aliphatic heterocycles. The minimum absolute atomic E-state index is 0.322. The highest BCUT2D eigenvalue weighted by atomic mass is 16.5. The Morgan fingerprint density at radius 2 is 2.20 bits per heavy atom. The van der Waals surface area contributed by atoms with Crippen LogP contribution in [0.15, 0.2) is 23.3 Å². The standard InChI is InChI=1S/C14H24O/c1-11-7-6-10-14(3,4)13(11)9-8-12(2)15-5/h7,9,12H,6,8,10H2,1-5H3/b13-9+/t12-/m1/s1. The van der Waals surface area contributed by atoms with Gasteiger partial charge in [0.2, 0.25) is 0 Å². The molecular weight excluding hydrogens is 184 g/mol. The normalized spacial score (nSPS) is 25.1. The second kappa shape index (κ2) is 4.98. The molecule has 0 unspecified atom stereocenters. The van der Waals surface area contributed by atoms with E-state index in [9.17, 15) is 0 Å². The molecule has 0 aromatic heterocycles. The highest BCUT2D eigenvalue weighted by Gasteiger charge is 2.26. The Morgan fingerprint density at radius 3 is 2.73 bits per heavy atom. The smallest absolute Gasteiger partial charge is 0.0577 e. The second-order valence-electron chi connectivity index (χ2n) is 5.21. The van der Waals surface area contributed by atoms with Crippen LogP contribution in [0.4, 0.5) is 0 Å². The van der Waals surface area contributed by atoms with Gasteiger partial charge in [-0.1, -0.05) is 31.6 Å². The largest absolute Gasteiger partial charge is 0.381 e. The Labute approximate surface area is 94.2 Å². The van der Waals surface area contributed by atoms with Crippen LogP contribution in [0.25, 0.3) is 0 Å². The van der Waals surface area contributed by atoms with Crippen LogP contribution in [0.3, 0.4) is 0 Å². The van der Waals surface area contributed by atoms with E-state index in [-0.39, 0.29) is 0 Å². The van der Waals surface area contributed by atoms with Crippen LogP contribution < -0.4 is 0 Å². The highest BCUT2D eigenvalue weighted by Crippen LogP contribution is 2.40. The fraction of sp³-hybridized carbons (Fsp3) is 0.714. The summed E-state index contributed by atoms with van der Waals surface area (Å²) in [6.45, 7) is 9.02. The van der Waals surface area contributed by atoms with E-state index in [0.717, 1.165) is 6.42 Å². The Morgan fingerprint density at radius 1 is 1.53 bits per heavy atom. The zero-order chi connectivity index (χ0) is 11.5. The van der Waals surface area contributed by atoms with Gasteiger partial charge in [0.15, 0.2) is 0 Å². The molecule has 0 amide bonds. The van der Waals surface area contributed by atoms with Crippen molar-refractivity contribution in [2.75, 3.05) is 7.11 Å². The van der Waals surface area contributed by atoms with E-state index in [4.69, 9.17) is 4.74 Å². The molecule has 0 fully saturated rings. The summed E-state index contributed by atoms with van der Waals surface area (Å²) in [7, 11) is 1.78. The fourth-order valence-electron chi connectivity index (χ4n) is 2.25. The number of hydrogen-bond acceptors (Lipinski definition) is 1. The predicted molar refractivity (Wildman–Crippen MR) is 65.9 cm³/mol. The van der Waals surface area contributed by atoms with Crippen LogP contribution in [0.5, 0.6) is 0 Å². The molecule has 1 heteroatoms. The number of hydrogen-bond donors (Lipinski definition) is 0. The Kier molecular flexibility index (Phi) is 4.15. The first kappa shape index (κ1) is 12.5. The van der Waals surface area contributed by atoms with Crippen LogP contribution in [-0.4, -0.2) is 13.2 Å². The third kappa shape index (κ3) is 3.20. The first-order chi connectivity index (χ1) is 6.97. The fourth-order valence-corrected chi connectivity index (χ4v) is 2.25. The van der Waals surface area contributed by atoms with Crippen molar-refractivity contribution in [3.8, 4) is 0 Å². The monoisotopic (exact) mass is 208 g/mol. The summed E-state index contributed by atoms with van der Waals surface area (Å²) < 4.78 is 5.28. The maximum Gasteiger partial charge on any atom is 0.0577 e. The van der Waals surface area contributed by atoms with Crippen molar-refractivity contribution >= 4 is 0 Å². The molecule has 1 rings (SSSR count). The van der Waals surface area contributed by atoms with Gasteiger partial charge >= 0.3 is 0 Å². The summed E-state index contributed by atoms with van der Waals surface area (Å²) in [6.07, 6.45) is 8.53. The summed E-state index contributed by atoms with van der Waals surface area (Å²) >= 11 is 0. The van der Waals surface area contributed by atoms with Gasteiger partial charge < -0.3 is 4.74 Å². The van der Waals surface area contributed by atoms with Crippen molar-refractivity contribution in [3.05, 3.63) is 23.3 Å². The molecule has 15 heavy (non-hydrogen) atoms. The zero-order valence-corrected chi connectivity index (χ0v) is 10.8. The van der Waals surface area contributed by atoms with E-state index >= 15 is 0 Å². The Hall–Kier alpha value is -0.560. The molecular formula is C14H24O. The summed E-state index contributed by atoms with van der Waals surface area (Å²) in [4.78, 5) is 0. The van der Waals surface area contributed by atoms with Crippen LogP contribution in [-0.2, 0) is 4.74 Å². The average molecular weight is 208 g/mol. The molecule has 1 atom stereocenters. The third-order valence-corrected chi connectivity index (χ3v) is 3.43. The molecule has 0 aromatic rings. The van der Waals surface area contributed by atoms with Gasteiger partial charge in [0.1, 0.15) is 0 Å². The molecule has 86 valence electrons. The van der Waals surface area contributed by atoms with E-state index in [1.165, 1.54) is 24.0 Å². The van der Waals surface area contributed by atoms with E-state index in [1.54, 1.807) is 7.11 Å². The molecule has 0 bridgehead atoms. The summed E-state index contributed by atoms with van der Waals surface area (Å²) in [6, 6.07) is 0. The van der Waals surface area contributed by atoms with Gasteiger partial charge in [-0.25, -0.2) is 0 Å².